The van der Waals surface area contributed by atoms with Crippen LogP contribution < -0.4 is 5.19 Å². The summed E-state index contributed by atoms with van der Waals surface area (Å²) < 4.78 is 27.3. The molecule has 2 aromatic carbocycles. The van der Waals surface area contributed by atoms with Crippen LogP contribution >= 0.6 is 0 Å². The van der Waals surface area contributed by atoms with Gasteiger partial charge in [0.2, 0.25) is 0 Å². The third-order valence-corrected chi connectivity index (χ3v) is 4.83. The minimum Gasteiger partial charge on any atom is -0.264 e. The van der Waals surface area contributed by atoms with Gasteiger partial charge in [-0.3, -0.25) is 8.22 Å². The quantitative estimate of drug-likeness (QED) is 0.459. The van der Waals surface area contributed by atoms with Gasteiger partial charge >= 0.3 is 8.74 Å². The van der Waals surface area contributed by atoms with E-state index in [9.17, 15) is 8.22 Å². The summed E-state index contributed by atoms with van der Waals surface area (Å²) in [5.74, 6) is 0. The Balaban J connectivity index is 2.50. The number of halogens is 2. The van der Waals surface area contributed by atoms with Crippen molar-refractivity contribution >= 4 is 24.7 Å². The molecule has 70 valence electrons. The van der Waals surface area contributed by atoms with Gasteiger partial charge in [-0.05, 0) is 16.3 Å². The molecular formula is C11H8F2Si. The van der Waals surface area contributed by atoms with Gasteiger partial charge in [0, 0.05) is 11.2 Å². The minimum atomic E-state index is -4.14. The first-order valence-electron chi connectivity index (χ1n) is 4.57. The minimum absolute atomic E-state index is 0.0102. The molecule has 0 aliphatic carbocycles. The van der Waals surface area contributed by atoms with Crippen molar-refractivity contribution < 1.29 is 8.22 Å². The second-order valence-corrected chi connectivity index (χ2v) is 6.00. The lowest BCUT2D eigenvalue weighted by Gasteiger charge is -2.04. The van der Waals surface area contributed by atoms with Crippen LogP contribution in [-0.4, -0.2) is 8.74 Å². The highest BCUT2D eigenvalue weighted by Crippen LogP contribution is 2.30. The summed E-state index contributed by atoms with van der Waals surface area (Å²) in [6.45, 7) is 0. The lowest BCUT2D eigenvalue weighted by molar-refractivity contribution is 0.626. The molecule has 0 amide bonds. The Labute approximate surface area is 81.5 Å². The van der Waals surface area contributed by atoms with Gasteiger partial charge < -0.3 is 0 Å². The van der Waals surface area contributed by atoms with Crippen LogP contribution in [0, 0.1) is 0 Å². The number of hydrogen-bond acceptors (Lipinski definition) is 0. The van der Waals surface area contributed by atoms with Crippen molar-refractivity contribution in [3.05, 3.63) is 42.0 Å². The Morgan fingerprint density at radius 2 is 1.71 bits per heavy atom. The smallest absolute Gasteiger partial charge is 0.264 e. The van der Waals surface area contributed by atoms with Gasteiger partial charge in [-0.1, -0.05) is 36.4 Å². The molecule has 2 aromatic rings. The molecule has 1 aliphatic heterocycles. The number of benzene rings is 2. The molecule has 0 nitrogen and oxygen atoms in total. The fraction of sp³-hybridized carbons (Fsp3) is 0.0909. The average molecular weight is 206 g/mol. The van der Waals surface area contributed by atoms with E-state index in [1.165, 1.54) is 0 Å². The van der Waals surface area contributed by atoms with Crippen LogP contribution in [0.2, 0.25) is 0 Å². The maximum absolute atomic E-state index is 13.7. The van der Waals surface area contributed by atoms with Gasteiger partial charge in [0.05, 0.1) is 0 Å². The van der Waals surface area contributed by atoms with Gasteiger partial charge in [0.25, 0.3) is 0 Å². The van der Waals surface area contributed by atoms with Crippen molar-refractivity contribution in [3.63, 3.8) is 0 Å². The van der Waals surface area contributed by atoms with Crippen LogP contribution in [0.1, 0.15) is 5.56 Å². The molecule has 1 heterocycles. The normalized spacial score (nSPS) is 17.6. The molecule has 0 saturated carbocycles. The molecule has 0 atom stereocenters. The third-order valence-electron chi connectivity index (χ3n) is 2.80. The molecule has 0 saturated heterocycles. The van der Waals surface area contributed by atoms with E-state index in [-0.39, 0.29) is 6.04 Å². The Morgan fingerprint density at radius 1 is 1.00 bits per heavy atom. The summed E-state index contributed by atoms with van der Waals surface area (Å²) in [6.07, 6.45) is 0. The topological polar surface area (TPSA) is 0 Å². The van der Waals surface area contributed by atoms with E-state index < -0.39 is 8.74 Å². The molecule has 0 bridgehead atoms. The second kappa shape index (κ2) is 2.42. The Bertz CT molecular complexity index is 514. The maximum Gasteiger partial charge on any atom is 0.460 e. The van der Waals surface area contributed by atoms with Crippen molar-refractivity contribution in [1.82, 2.24) is 0 Å². The molecule has 3 rings (SSSR count). The second-order valence-electron chi connectivity index (χ2n) is 3.70. The van der Waals surface area contributed by atoms with Crippen LogP contribution in [0.3, 0.4) is 0 Å². The predicted octanol–water partition coefficient (Wildman–Crippen LogP) is 2.52. The summed E-state index contributed by atoms with van der Waals surface area (Å²) in [4.78, 5) is 0. The van der Waals surface area contributed by atoms with Gasteiger partial charge in [0.1, 0.15) is 0 Å². The van der Waals surface area contributed by atoms with Crippen molar-refractivity contribution in [2.45, 2.75) is 6.04 Å². The highest BCUT2D eigenvalue weighted by atomic mass is 28.4. The third kappa shape index (κ3) is 0.903. The first kappa shape index (κ1) is 8.12. The monoisotopic (exact) mass is 206 g/mol. The van der Waals surface area contributed by atoms with E-state index in [1.54, 1.807) is 12.1 Å². The molecule has 0 unspecified atom stereocenters. The van der Waals surface area contributed by atoms with Crippen LogP contribution in [0.15, 0.2) is 36.4 Å². The first-order chi connectivity index (χ1) is 6.68. The van der Waals surface area contributed by atoms with Crippen molar-refractivity contribution in [1.29, 1.82) is 0 Å². The summed E-state index contributed by atoms with van der Waals surface area (Å²) in [5, 5.41) is 2.09. The summed E-state index contributed by atoms with van der Waals surface area (Å²) in [7, 11) is -4.14. The molecule has 1 aliphatic rings. The van der Waals surface area contributed by atoms with Crippen molar-refractivity contribution in [2.24, 2.45) is 0 Å². The molecule has 0 aromatic heterocycles. The Kier molecular flexibility index (Phi) is 1.40. The molecule has 14 heavy (non-hydrogen) atoms. The SMILES string of the molecule is F[Si]1(F)Cc2cccc3cccc1c23. The largest absolute Gasteiger partial charge is 0.460 e. The van der Waals surface area contributed by atoms with E-state index in [2.05, 4.69) is 0 Å². The molecule has 0 fully saturated rings. The van der Waals surface area contributed by atoms with Gasteiger partial charge in [-0.25, -0.2) is 0 Å². The average Bonchev–Trinajstić information content (AvgIpc) is 2.41. The Morgan fingerprint density at radius 3 is 2.50 bits per heavy atom. The van der Waals surface area contributed by atoms with Crippen LogP contribution in [-0.2, 0) is 6.04 Å². The zero-order valence-electron chi connectivity index (χ0n) is 7.43. The van der Waals surface area contributed by atoms with Gasteiger partial charge in [0.15, 0.2) is 0 Å². The van der Waals surface area contributed by atoms with Crippen LogP contribution in [0.5, 0.6) is 0 Å². The zero-order valence-corrected chi connectivity index (χ0v) is 8.43. The van der Waals surface area contributed by atoms with Gasteiger partial charge in [-0.2, -0.15) is 0 Å². The molecular weight excluding hydrogens is 198 g/mol. The summed E-state index contributed by atoms with van der Waals surface area (Å²) >= 11 is 0. The molecule has 3 heteroatoms. The number of rotatable bonds is 0. The van der Waals surface area contributed by atoms with Crippen molar-refractivity contribution in [2.75, 3.05) is 0 Å². The fourth-order valence-corrected chi connectivity index (χ4v) is 4.18. The lowest BCUT2D eigenvalue weighted by atomic mass is 10.1. The van der Waals surface area contributed by atoms with Crippen LogP contribution in [0.4, 0.5) is 8.22 Å². The standard InChI is InChI=1S/C11H8F2Si/c12-14(13)7-9-5-1-3-8-4-2-6-10(14)11(8)9/h1-6H,7H2. The molecule has 0 spiro atoms. The van der Waals surface area contributed by atoms with E-state index in [0.29, 0.717) is 5.19 Å². The van der Waals surface area contributed by atoms with E-state index in [1.807, 2.05) is 24.3 Å². The highest BCUT2D eigenvalue weighted by molar-refractivity contribution is 6.83. The Hall–Kier alpha value is -1.22. The van der Waals surface area contributed by atoms with E-state index in [4.69, 9.17) is 0 Å². The lowest BCUT2D eigenvalue weighted by Crippen LogP contribution is -2.37. The highest BCUT2D eigenvalue weighted by Gasteiger charge is 2.44. The van der Waals surface area contributed by atoms with Gasteiger partial charge in [-0.15, -0.1) is 0 Å². The predicted molar refractivity (Wildman–Crippen MR) is 55.3 cm³/mol. The van der Waals surface area contributed by atoms with Crippen LogP contribution in [0.25, 0.3) is 10.8 Å². The zero-order chi connectivity index (χ0) is 9.76. The van der Waals surface area contributed by atoms with Crippen molar-refractivity contribution in [3.8, 4) is 0 Å². The van der Waals surface area contributed by atoms with E-state index >= 15 is 0 Å². The molecule has 0 N–H and O–H groups in total. The summed E-state index contributed by atoms with van der Waals surface area (Å²) in [6, 6.07) is 10.8. The fourth-order valence-electron chi connectivity index (χ4n) is 2.21. The maximum atomic E-state index is 13.7. The molecule has 0 radical (unpaired) electrons. The first-order valence-corrected chi connectivity index (χ1v) is 6.54. The summed E-state index contributed by atoms with van der Waals surface area (Å²) in [5.41, 5.74) is 0.828. The van der Waals surface area contributed by atoms with E-state index in [0.717, 1.165) is 16.3 Å². The number of hydrogen-bond donors (Lipinski definition) is 0.